The normalized spacial score (nSPS) is 17.3. The van der Waals surface area contributed by atoms with Gasteiger partial charge in [0.05, 0.1) is 10.9 Å². The van der Waals surface area contributed by atoms with E-state index in [1.54, 1.807) is 24.3 Å². The van der Waals surface area contributed by atoms with E-state index in [2.05, 4.69) is 32.2 Å². The van der Waals surface area contributed by atoms with Crippen LogP contribution in [0.25, 0.3) is 33.4 Å². The van der Waals surface area contributed by atoms with Crippen LogP contribution in [0.5, 0.6) is 0 Å². The average molecular weight is 412 g/mol. The van der Waals surface area contributed by atoms with E-state index in [1.807, 2.05) is 24.3 Å². The highest BCUT2D eigenvalue weighted by Gasteiger charge is 2.31. The molecule has 2 aliphatic heterocycles. The summed E-state index contributed by atoms with van der Waals surface area (Å²) in [6.45, 7) is 6.60. The maximum atomic E-state index is 12.0. The molecule has 2 aromatic rings. The molecule has 2 heterocycles. The van der Waals surface area contributed by atoms with Crippen LogP contribution in [0.15, 0.2) is 59.0 Å². The molecule has 5 heteroatoms. The second-order valence-electron chi connectivity index (χ2n) is 9.09. The fraction of sp³-hybridized carbons (Fsp3) is 0.231. The Balaban J connectivity index is 1.92. The van der Waals surface area contributed by atoms with Crippen LogP contribution in [0.1, 0.15) is 49.0 Å². The molecule has 0 radical (unpaired) electrons. The summed E-state index contributed by atoms with van der Waals surface area (Å²) in [5, 5.41) is 22.7. The van der Waals surface area contributed by atoms with E-state index < -0.39 is 5.97 Å². The minimum absolute atomic E-state index is 0.0238. The fourth-order valence-corrected chi connectivity index (χ4v) is 4.94. The lowest BCUT2D eigenvalue weighted by Crippen LogP contribution is -2.36. The number of rotatable bonds is 2. The van der Waals surface area contributed by atoms with Crippen LogP contribution in [0, 0.1) is 5.41 Å². The highest BCUT2D eigenvalue weighted by atomic mass is 16.4. The first-order valence-corrected chi connectivity index (χ1v) is 10.4. The van der Waals surface area contributed by atoms with Gasteiger partial charge >= 0.3 is 5.97 Å². The zero-order chi connectivity index (χ0) is 21.9. The van der Waals surface area contributed by atoms with Crippen LogP contribution in [-0.2, 0) is 0 Å². The maximum absolute atomic E-state index is 12.0. The van der Waals surface area contributed by atoms with Crippen LogP contribution >= 0.6 is 0 Å². The number of benzene rings is 3. The zero-order valence-corrected chi connectivity index (χ0v) is 17.7. The summed E-state index contributed by atoms with van der Waals surface area (Å²) in [6, 6.07) is 16.5. The summed E-state index contributed by atoms with van der Waals surface area (Å²) < 4.78 is 6.25. The van der Waals surface area contributed by atoms with Gasteiger partial charge in [0, 0.05) is 39.9 Å². The highest BCUT2D eigenvalue weighted by Crippen LogP contribution is 2.46. The molecule has 2 aromatic carbocycles. The first kappa shape index (κ1) is 19.4. The van der Waals surface area contributed by atoms with Gasteiger partial charge in [-0.05, 0) is 61.6 Å². The predicted molar refractivity (Wildman–Crippen MR) is 122 cm³/mol. The number of anilines is 1. The molecule has 1 unspecified atom stereocenters. The zero-order valence-electron chi connectivity index (χ0n) is 17.7. The van der Waals surface area contributed by atoms with Crippen molar-refractivity contribution in [3.05, 3.63) is 71.1 Å². The third kappa shape index (κ3) is 3.17. The molecule has 0 amide bonds. The number of hydrogen-bond acceptors (Lipinski definition) is 4. The second-order valence-corrected chi connectivity index (χ2v) is 9.09. The van der Waals surface area contributed by atoms with Crippen molar-refractivity contribution in [2.24, 2.45) is 0 Å². The lowest BCUT2D eigenvalue weighted by Gasteiger charge is -2.37. The molecule has 0 spiro atoms. The molecular weight excluding hydrogens is 388 g/mol. The van der Waals surface area contributed by atoms with E-state index in [0.29, 0.717) is 28.2 Å². The summed E-state index contributed by atoms with van der Waals surface area (Å²) in [4.78, 5) is 12.0. The summed E-state index contributed by atoms with van der Waals surface area (Å²) in [5.74, 6) is -0.0488. The van der Waals surface area contributed by atoms with E-state index in [0.717, 1.165) is 28.6 Å². The predicted octanol–water partition coefficient (Wildman–Crippen LogP) is 6.08. The van der Waals surface area contributed by atoms with Crippen molar-refractivity contribution in [2.45, 2.75) is 38.6 Å². The van der Waals surface area contributed by atoms with E-state index >= 15 is 0 Å². The number of fused-ring (bicyclic) bond motifs is 3. The van der Waals surface area contributed by atoms with Crippen molar-refractivity contribution in [2.75, 3.05) is 5.32 Å². The molecule has 5 nitrogen and oxygen atoms in total. The van der Waals surface area contributed by atoms with Crippen LogP contribution < -0.4 is 10.7 Å². The average Bonchev–Trinajstić information content (AvgIpc) is 2.70. The Kier molecular flexibility index (Phi) is 4.19. The molecule has 3 N–H and O–H groups in total. The van der Waals surface area contributed by atoms with Crippen molar-refractivity contribution in [1.82, 2.24) is 0 Å². The molecule has 0 saturated carbocycles. The fourth-order valence-electron chi connectivity index (χ4n) is 4.94. The van der Waals surface area contributed by atoms with Crippen molar-refractivity contribution >= 4 is 22.6 Å². The molecule has 5 rings (SSSR count). The van der Waals surface area contributed by atoms with Crippen LogP contribution in [-0.4, -0.2) is 16.6 Å². The number of aromatic carboxylic acids is 1. The molecule has 0 aromatic heterocycles. The van der Waals surface area contributed by atoms with Crippen LogP contribution in [0.3, 0.4) is 0 Å². The van der Waals surface area contributed by atoms with E-state index in [-0.39, 0.29) is 11.1 Å². The van der Waals surface area contributed by atoms with Gasteiger partial charge in [-0.3, -0.25) is 0 Å². The van der Waals surface area contributed by atoms with E-state index in [9.17, 15) is 9.90 Å². The van der Waals surface area contributed by atoms with Gasteiger partial charge < -0.3 is 20.2 Å². The summed E-state index contributed by atoms with van der Waals surface area (Å²) in [6.07, 6.45) is 0.999. The molecular formula is C26H24N2O3. The summed E-state index contributed by atoms with van der Waals surface area (Å²) in [5.41, 5.74) is 5.41. The maximum Gasteiger partial charge on any atom is 0.336 e. The largest absolute Gasteiger partial charge is 0.478 e. The molecule has 156 valence electrons. The molecule has 0 fully saturated rings. The minimum atomic E-state index is -0.968. The van der Waals surface area contributed by atoms with E-state index in [4.69, 9.17) is 9.83 Å². The molecule has 3 aliphatic rings. The second kappa shape index (κ2) is 6.71. The van der Waals surface area contributed by atoms with Crippen molar-refractivity contribution in [3.8, 4) is 22.5 Å². The van der Waals surface area contributed by atoms with Gasteiger partial charge in [-0.1, -0.05) is 25.1 Å². The molecule has 0 saturated heterocycles. The number of carboxylic acids is 1. The standard InChI is InChI=1S/C26H24N2O3/c1-14-13-26(2,3)28-21-12-23-20(11-19(14)21)24(16-6-4-5-7-17(16)25(29)30)18-9-8-15(27)10-22(18)31-23/h4-12,14,27-28H,13H2,1-3H3,(H,29,30). The Morgan fingerprint density at radius 1 is 1.13 bits per heavy atom. The Morgan fingerprint density at radius 3 is 2.68 bits per heavy atom. The number of nitrogens with one attached hydrogen (secondary N) is 2. The lowest BCUT2D eigenvalue weighted by atomic mass is 9.80. The van der Waals surface area contributed by atoms with Crippen LogP contribution in [0.4, 0.5) is 5.69 Å². The van der Waals surface area contributed by atoms with Gasteiger partial charge in [-0.15, -0.1) is 0 Å². The van der Waals surface area contributed by atoms with Gasteiger partial charge in [-0.2, -0.15) is 0 Å². The Labute approximate surface area is 180 Å². The summed E-state index contributed by atoms with van der Waals surface area (Å²) >= 11 is 0. The third-order valence-corrected chi connectivity index (χ3v) is 6.14. The smallest absolute Gasteiger partial charge is 0.336 e. The van der Waals surface area contributed by atoms with Gasteiger partial charge in [0.1, 0.15) is 11.3 Å². The lowest BCUT2D eigenvalue weighted by molar-refractivity contribution is 0.0697. The van der Waals surface area contributed by atoms with Gasteiger partial charge in [0.2, 0.25) is 0 Å². The molecule has 0 bridgehead atoms. The summed E-state index contributed by atoms with van der Waals surface area (Å²) in [7, 11) is 0. The molecule has 1 atom stereocenters. The first-order chi connectivity index (χ1) is 14.7. The minimum Gasteiger partial charge on any atom is -0.478 e. The highest BCUT2D eigenvalue weighted by molar-refractivity contribution is 6.08. The number of carbonyl (C=O) groups is 1. The van der Waals surface area contributed by atoms with Crippen LogP contribution in [0.2, 0.25) is 0 Å². The third-order valence-electron chi connectivity index (χ3n) is 6.14. The monoisotopic (exact) mass is 412 g/mol. The van der Waals surface area contributed by atoms with Crippen molar-refractivity contribution < 1.29 is 14.3 Å². The van der Waals surface area contributed by atoms with Gasteiger partial charge in [0.25, 0.3) is 0 Å². The van der Waals surface area contributed by atoms with Crippen molar-refractivity contribution in [3.63, 3.8) is 0 Å². The SMILES string of the molecule is CC1CC(C)(C)Nc2cc3oc4cc(=N)ccc-4c(-c4ccccc4C(=O)O)c3cc21. The Hall–Kier alpha value is -3.60. The molecule has 1 aliphatic carbocycles. The number of carboxylic acid groups (broad SMARTS) is 1. The first-order valence-electron chi connectivity index (χ1n) is 10.4. The quantitative estimate of drug-likeness (QED) is 0.348. The van der Waals surface area contributed by atoms with E-state index in [1.165, 1.54) is 5.56 Å². The Morgan fingerprint density at radius 2 is 1.90 bits per heavy atom. The van der Waals surface area contributed by atoms with Gasteiger partial charge in [0.15, 0.2) is 0 Å². The Bertz CT molecular complexity index is 1380. The number of hydrogen-bond donors (Lipinski definition) is 3. The van der Waals surface area contributed by atoms with Crippen molar-refractivity contribution in [1.29, 1.82) is 5.41 Å². The molecule has 31 heavy (non-hydrogen) atoms. The topological polar surface area (TPSA) is 86.3 Å². The van der Waals surface area contributed by atoms with Gasteiger partial charge in [-0.25, -0.2) is 4.79 Å².